The summed E-state index contributed by atoms with van der Waals surface area (Å²) in [6.45, 7) is 4.25. The number of methoxy groups -OCH3 is 2. The van der Waals surface area contributed by atoms with Gasteiger partial charge in [-0.25, -0.2) is 0 Å². The second kappa shape index (κ2) is 8.24. The number of carbonyl (C=O) groups excluding carboxylic acids is 1. The molecule has 0 aromatic heterocycles. The Labute approximate surface area is 142 Å². The first kappa shape index (κ1) is 17.7. The fraction of sp³-hybridized carbons (Fsp3) is 0.316. The standard InChI is InChI=1S/C19H23NO4/c1-13-5-7-16(8-6-13)24-12-19(21)20-11-15-10-17(22-3)14(2)9-18(15)23-4/h5-10H,11-12H2,1-4H3,(H,20,21). The van der Waals surface area contributed by atoms with Gasteiger partial charge < -0.3 is 19.5 Å². The highest BCUT2D eigenvalue weighted by Crippen LogP contribution is 2.28. The largest absolute Gasteiger partial charge is 0.496 e. The Morgan fingerprint density at radius 3 is 2.29 bits per heavy atom. The summed E-state index contributed by atoms with van der Waals surface area (Å²) in [5, 5.41) is 2.83. The zero-order valence-electron chi connectivity index (χ0n) is 14.5. The van der Waals surface area contributed by atoms with E-state index in [9.17, 15) is 4.79 Å². The molecule has 24 heavy (non-hydrogen) atoms. The van der Waals surface area contributed by atoms with Crippen LogP contribution in [0.25, 0.3) is 0 Å². The lowest BCUT2D eigenvalue weighted by Crippen LogP contribution is -2.28. The summed E-state index contributed by atoms with van der Waals surface area (Å²) in [4.78, 5) is 12.0. The van der Waals surface area contributed by atoms with E-state index in [1.54, 1.807) is 14.2 Å². The molecule has 0 radical (unpaired) electrons. The van der Waals surface area contributed by atoms with Crippen molar-refractivity contribution in [3.05, 3.63) is 53.1 Å². The molecule has 0 aliphatic carbocycles. The van der Waals surface area contributed by atoms with Crippen LogP contribution in [0.1, 0.15) is 16.7 Å². The van der Waals surface area contributed by atoms with Crippen LogP contribution in [0.2, 0.25) is 0 Å². The quantitative estimate of drug-likeness (QED) is 0.848. The minimum atomic E-state index is -0.197. The topological polar surface area (TPSA) is 56.8 Å². The lowest BCUT2D eigenvalue weighted by Gasteiger charge is -2.14. The second-order valence-corrected chi connectivity index (χ2v) is 5.51. The molecule has 0 unspecified atom stereocenters. The average Bonchev–Trinajstić information content (AvgIpc) is 2.59. The molecule has 0 spiro atoms. The molecule has 5 nitrogen and oxygen atoms in total. The average molecular weight is 329 g/mol. The number of aryl methyl sites for hydroxylation is 2. The minimum Gasteiger partial charge on any atom is -0.496 e. The lowest BCUT2D eigenvalue weighted by molar-refractivity contribution is -0.123. The third-order valence-corrected chi connectivity index (χ3v) is 3.66. The third-order valence-electron chi connectivity index (χ3n) is 3.66. The molecule has 0 aliphatic rings. The number of hydrogen-bond donors (Lipinski definition) is 1. The van der Waals surface area contributed by atoms with Gasteiger partial charge in [0.25, 0.3) is 5.91 Å². The molecule has 5 heteroatoms. The molecule has 1 amide bonds. The first-order chi connectivity index (χ1) is 11.5. The van der Waals surface area contributed by atoms with Crippen LogP contribution in [0.4, 0.5) is 0 Å². The number of benzene rings is 2. The number of ether oxygens (including phenoxy) is 3. The first-order valence-corrected chi connectivity index (χ1v) is 7.71. The van der Waals surface area contributed by atoms with Gasteiger partial charge in [-0.15, -0.1) is 0 Å². The van der Waals surface area contributed by atoms with E-state index >= 15 is 0 Å². The molecule has 128 valence electrons. The summed E-state index contributed by atoms with van der Waals surface area (Å²) >= 11 is 0. The van der Waals surface area contributed by atoms with Gasteiger partial charge in [-0.05, 0) is 43.7 Å². The minimum absolute atomic E-state index is 0.0334. The summed E-state index contributed by atoms with van der Waals surface area (Å²) in [6.07, 6.45) is 0. The van der Waals surface area contributed by atoms with E-state index < -0.39 is 0 Å². The molecular formula is C19H23NO4. The molecule has 2 aromatic carbocycles. The molecule has 0 bridgehead atoms. The van der Waals surface area contributed by atoms with E-state index in [4.69, 9.17) is 14.2 Å². The van der Waals surface area contributed by atoms with Gasteiger partial charge in [0, 0.05) is 12.1 Å². The van der Waals surface area contributed by atoms with Crippen LogP contribution < -0.4 is 19.5 Å². The van der Waals surface area contributed by atoms with E-state index in [-0.39, 0.29) is 12.5 Å². The van der Waals surface area contributed by atoms with Gasteiger partial charge in [-0.2, -0.15) is 0 Å². The van der Waals surface area contributed by atoms with Gasteiger partial charge in [0.2, 0.25) is 0 Å². The molecule has 2 aromatic rings. The van der Waals surface area contributed by atoms with Crippen molar-refractivity contribution in [3.63, 3.8) is 0 Å². The number of hydrogen-bond acceptors (Lipinski definition) is 4. The zero-order valence-corrected chi connectivity index (χ0v) is 14.5. The Morgan fingerprint density at radius 1 is 1.00 bits per heavy atom. The number of nitrogens with one attached hydrogen (secondary N) is 1. The Hall–Kier alpha value is -2.69. The maximum atomic E-state index is 12.0. The Kier molecular flexibility index (Phi) is 6.07. The smallest absolute Gasteiger partial charge is 0.258 e. The maximum absolute atomic E-state index is 12.0. The summed E-state index contributed by atoms with van der Waals surface area (Å²) < 4.78 is 16.1. The van der Waals surface area contributed by atoms with Crippen LogP contribution in [-0.2, 0) is 11.3 Å². The van der Waals surface area contributed by atoms with E-state index in [1.807, 2.05) is 50.2 Å². The molecule has 0 saturated heterocycles. The molecule has 1 N–H and O–H groups in total. The zero-order chi connectivity index (χ0) is 17.5. The Bertz CT molecular complexity index is 695. The molecular weight excluding hydrogens is 306 g/mol. The van der Waals surface area contributed by atoms with Crippen molar-refractivity contribution in [2.24, 2.45) is 0 Å². The van der Waals surface area contributed by atoms with Gasteiger partial charge in [0.05, 0.1) is 14.2 Å². The molecule has 2 rings (SSSR count). The van der Waals surface area contributed by atoms with E-state index in [2.05, 4.69) is 5.32 Å². The predicted molar refractivity (Wildman–Crippen MR) is 92.8 cm³/mol. The maximum Gasteiger partial charge on any atom is 0.258 e. The van der Waals surface area contributed by atoms with Gasteiger partial charge in [0.15, 0.2) is 6.61 Å². The molecule has 0 heterocycles. The Morgan fingerprint density at radius 2 is 1.67 bits per heavy atom. The molecule has 0 fully saturated rings. The van der Waals surface area contributed by atoms with Crippen LogP contribution in [-0.4, -0.2) is 26.7 Å². The predicted octanol–water partition coefficient (Wildman–Crippen LogP) is 3.02. The van der Waals surface area contributed by atoms with Crippen molar-refractivity contribution in [2.45, 2.75) is 20.4 Å². The summed E-state index contributed by atoms with van der Waals surface area (Å²) in [5.41, 5.74) is 2.97. The van der Waals surface area contributed by atoms with Crippen LogP contribution in [0.3, 0.4) is 0 Å². The monoisotopic (exact) mass is 329 g/mol. The summed E-state index contributed by atoms with van der Waals surface area (Å²) in [6, 6.07) is 11.3. The van der Waals surface area contributed by atoms with Crippen molar-refractivity contribution < 1.29 is 19.0 Å². The van der Waals surface area contributed by atoms with E-state index in [0.717, 1.165) is 22.4 Å². The summed E-state index contributed by atoms with van der Waals surface area (Å²) in [5.74, 6) is 1.95. The van der Waals surface area contributed by atoms with Crippen LogP contribution in [0.15, 0.2) is 36.4 Å². The molecule has 0 aliphatic heterocycles. The van der Waals surface area contributed by atoms with Gasteiger partial charge in [0.1, 0.15) is 17.2 Å². The fourth-order valence-corrected chi connectivity index (χ4v) is 2.28. The number of carbonyl (C=O) groups is 1. The van der Waals surface area contributed by atoms with E-state index in [1.165, 1.54) is 0 Å². The Balaban J connectivity index is 1.92. The fourth-order valence-electron chi connectivity index (χ4n) is 2.28. The molecule has 0 atom stereocenters. The first-order valence-electron chi connectivity index (χ1n) is 7.71. The SMILES string of the molecule is COc1cc(CNC(=O)COc2ccc(C)cc2)c(OC)cc1C. The number of rotatable bonds is 7. The van der Waals surface area contributed by atoms with Crippen molar-refractivity contribution in [1.29, 1.82) is 0 Å². The van der Waals surface area contributed by atoms with Crippen molar-refractivity contribution in [1.82, 2.24) is 5.32 Å². The van der Waals surface area contributed by atoms with Crippen LogP contribution >= 0.6 is 0 Å². The van der Waals surface area contributed by atoms with Gasteiger partial charge in [-0.1, -0.05) is 17.7 Å². The van der Waals surface area contributed by atoms with Gasteiger partial charge in [-0.3, -0.25) is 4.79 Å². The molecule has 0 saturated carbocycles. The highest BCUT2D eigenvalue weighted by atomic mass is 16.5. The van der Waals surface area contributed by atoms with Crippen LogP contribution in [0.5, 0.6) is 17.2 Å². The lowest BCUT2D eigenvalue weighted by atomic mass is 10.1. The third kappa shape index (κ3) is 4.65. The van der Waals surface area contributed by atoms with Crippen molar-refractivity contribution >= 4 is 5.91 Å². The van der Waals surface area contributed by atoms with Crippen LogP contribution in [0, 0.1) is 13.8 Å². The van der Waals surface area contributed by atoms with Gasteiger partial charge >= 0.3 is 0 Å². The highest BCUT2D eigenvalue weighted by molar-refractivity contribution is 5.77. The second-order valence-electron chi connectivity index (χ2n) is 5.51. The highest BCUT2D eigenvalue weighted by Gasteiger charge is 2.10. The van der Waals surface area contributed by atoms with E-state index in [0.29, 0.717) is 18.0 Å². The number of amides is 1. The van der Waals surface area contributed by atoms with Crippen molar-refractivity contribution in [2.75, 3.05) is 20.8 Å². The summed E-state index contributed by atoms with van der Waals surface area (Å²) in [7, 11) is 3.22. The van der Waals surface area contributed by atoms with Crippen molar-refractivity contribution in [3.8, 4) is 17.2 Å². The normalized spacial score (nSPS) is 10.2.